The van der Waals surface area contributed by atoms with Crippen molar-refractivity contribution in [3.05, 3.63) is 364 Å². The molecule has 19 rings (SSSR count). The third-order valence-corrected chi connectivity index (χ3v) is 20.7. The number of thiophene rings is 2. The molecule has 19 aromatic rings. The molecule has 0 atom stereocenters. The first-order chi connectivity index (χ1) is 48.6. The van der Waals surface area contributed by atoms with Gasteiger partial charge in [-0.2, -0.15) is 0 Å². The fraction of sp³-hybridized carbons (Fsp3) is 0. The van der Waals surface area contributed by atoms with Gasteiger partial charge in [-0.25, -0.2) is 0 Å². The van der Waals surface area contributed by atoms with Gasteiger partial charge in [0.15, 0.2) is 0 Å². The van der Waals surface area contributed by atoms with E-state index in [9.17, 15) is 0 Å². The molecule has 464 valence electrons. The zero-order valence-electron chi connectivity index (χ0n) is 53.1. The fourth-order valence-corrected chi connectivity index (χ4v) is 16.3. The molecular formula is C90H60N4O2S2. The highest BCUT2D eigenvalue weighted by Gasteiger charge is 2.24. The Morgan fingerprint density at radius 3 is 0.878 bits per heavy atom. The van der Waals surface area contributed by atoms with Crippen LogP contribution in [0.25, 0.3) is 95.3 Å². The smallest absolute Gasteiger partial charge is 0.137 e. The maximum absolute atomic E-state index is 6.33. The van der Waals surface area contributed by atoms with Crippen LogP contribution in [0.1, 0.15) is 0 Å². The van der Waals surface area contributed by atoms with E-state index in [0.717, 1.165) is 106 Å². The van der Waals surface area contributed by atoms with Gasteiger partial charge in [-0.15, -0.1) is 22.7 Å². The van der Waals surface area contributed by atoms with Gasteiger partial charge in [0.2, 0.25) is 0 Å². The van der Waals surface area contributed by atoms with Crippen molar-refractivity contribution in [3.63, 3.8) is 0 Å². The summed E-state index contributed by atoms with van der Waals surface area (Å²) in [7, 11) is 0. The molecule has 15 aromatic carbocycles. The van der Waals surface area contributed by atoms with E-state index in [-0.39, 0.29) is 0 Å². The van der Waals surface area contributed by atoms with Gasteiger partial charge >= 0.3 is 0 Å². The Hall–Kier alpha value is -12.5. The van der Waals surface area contributed by atoms with E-state index in [1.54, 1.807) is 0 Å². The second-order valence-electron chi connectivity index (χ2n) is 24.4. The number of furan rings is 2. The molecule has 0 saturated carbocycles. The predicted octanol–water partition coefficient (Wildman–Crippen LogP) is 27.5. The summed E-state index contributed by atoms with van der Waals surface area (Å²) in [6.07, 6.45) is 0. The Morgan fingerprint density at radius 1 is 0.184 bits per heavy atom. The fourth-order valence-electron chi connectivity index (χ4n) is 14.0. The molecule has 8 heteroatoms. The molecule has 0 aliphatic heterocycles. The number of fused-ring (bicyclic) bond motifs is 12. The monoisotopic (exact) mass is 1290 g/mol. The molecule has 6 nitrogen and oxygen atoms in total. The number of benzene rings is 15. The van der Waals surface area contributed by atoms with Crippen LogP contribution >= 0.6 is 22.7 Å². The summed E-state index contributed by atoms with van der Waals surface area (Å²) < 4.78 is 17.6. The van der Waals surface area contributed by atoms with Gasteiger partial charge in [0.05, 0.1) is 11.4 Å². The lowest BCUT2D eigenvalue weighted by atomic mass is 10.0. The van der Waals surface area contributed by atoms with Crippen LogP contribution in [-0.4, -0.2) is 0 Å². The number of hydrogen-bond donors (Lipinski definition) is 0. The third-order valence-electron chi connectivity index (χ3n) is 18.5. The molecule has 0 unspecified atom stereocenters. The number of rotatable bonds is 13. The van der Waals surface area contributed by atoms with Crippen LogP contribution in [0.3, 0.4) is 0 Å². The Balaban J connectivity index is 0.000000143. The van der Waals surface area contributed by atoms with Crippen LogP contribution in [0.4, 0.5) is 68.2 Å². The lowest BCUT2D eigenvalue weighted by molar-refractivity contribution is 0.668. The van der Waals surface area contributed by atoms with E-state index in [1.807, 2.05) is 46.9 Å². The first-order valence-corrected chi connectivity index (χ1v) is 34.6. The van der Waals surface area contributed by atoms with E-state index in [4.69, 9.17) is 8.83 Å². The predicted molar refractivity (Wildman–Crippen MR) is 417 cm³/mol. The number of para-hydroxylation sites is 7. The molecule has 0 amide bonds. The summed E-state index contributed by atoms with van der Waals surface area (Å²) in [5.74, 6) is 0. The highest BCUT2D eigenvalue weighted by atomic mass is 32.1. The van der Waals surface area contributed by atoms with Crippen molar-refractivity contribution in [2.24, 2.45) is 0 Å². The van der Waals surface area contributed by atoms with E-state index >= 15 is 0 Å². The molecule has 0 radical (unpaired) electrons. The number of anilines is 12. The van der Waals surface area contributed by atoms with E-state index in [2.05, 4.69) is 359 Å². The van der Waals surface area contributed by atoms with Gasteiger partial charge in [0.1, 0.15) is 22.3 Å². The van der Waals surface area contributed by atoms with Gasteiger partial charge in [-0.1, -0.05) is 194 Å². The first-order valence-electron chi connectivity index (χ1n) is 32.9. The Labute approximate surface area is 574 Å². The lowest BCUT2D eigenvalue weighted by Crippen LogP contribution is -2.10. The summed E-state index contributed by atoms with van der Waals surface area (Å²) in [6.45, 7) is 0. The van der Waals surface area contributed by atoms with Gasteiger partial charge in [0.25, 0.3) is 0 Å². The molecule has 0 saturated heterocycles. The first kappa shape index (κ1) is 58.1. The molecular weight excluding hydrogens is 1230 g/mol. The van der Waals surface area contributed by atoms with E-state index in [0.29, 0.717) is 0 Å². The lowest BCUT2D eigenvalue weighted by Gasteiger charge is -2.27. The maximum atomic E-state index is 6.33. The second kappa shape index (κ2) is 25.0. The third kappa shape index (κ3) is 10.6. The SMILES string of the molecule is c1ccc(-c2ccc(N(c3ccccc3)c3cccc4sc5cc(N(c6ccccc6)c6ccc7c(c6)oc6ccccc67)ccc5c34)cc2)cc1.c1ccc(N(c2ccc3c(c2)oc2ccccc23)c2ccc3c(c2)sc2cccc(N(c4ccccc4)c4ccccc4)c23)cc1. The average Bonchev–Trinajstić information content (AvgIpc) is 1.55. The molecule has 0 fully saturated rings. The molecule has 0 N–H and O–H groups in total. The van der Waals surface area contributed by atoms with Crippen LogP contribution in [0.5, 0.6) is 0 Å². The van der Waals surface area contributed by atoms with Gasteiger partial charge in [0, 0.05) is 131 Å². The highest BCUT2D eigenvalue weighted by Crippen LogP contribution is 2.50. The minimum absolute atomic E-state index is 0.880. The summed E-state index contributed by atoms with van der Waals surface area (Å²) >= 11 is 3.68. The van der Waals surface area contributed by atoms with Gasteiger partial charge in [-0.05, 0) is 169 Å². The van der Waals surface area contributed by atoms with E-state index < -0.39 is 0 Å². The van der Waals surface area contributed by atoms with Crippen molar-refractivity contribution >= 4 is 175 Å². The van der Waals surface area contributed by atoms with Crippen LogP contribution in [0.15, 0.2) is 373 Å². The number of hydrogen-bond acceptors (Lipinski definition) is 8. The Bertz CT molecular complexity index is 6040. The second-order valence-corrected chi connectivity index (χ2v) is 26.5. The molecule has 0 spiro atoms. The van der Waals surface area contributed by atoms with Crippen molar-refractivity contribution in [2.75, 3.05) is 19.6 Å². The zero-order chi connectivity index (χ0) is 64.9. The topological polar surface area (TPSA) is 39.2 Å². The van der Waals surface area contributed by atoms with E-state index in [1.165, 1.54) is 57.2 Å². The molecule has 0 bridgehead atoms. The summed E-state index contributed by atoms with van der Waals surface area (Å²) in [5.41, 5.74) is 19.3. The molecule has 0 aliphatic carbocycles. The van der Waals surface area contributed by atoms with Gasteiger partial charge < -0.3 is 28.4 Å². The molecule has 0 aliphatic rings. The quantitative estimate of drug-likeness (QED) is 0.115. The minimum Gasteiger partial charge on any atom is -0.456 e. The van der Waals surface area contributed by atoms with Crippen LogP contribution in [0, 0.1) is 0 Å². The molecule has 4 heterocycles. The molecule has 4 aromatic heterocycles. The van der Waals surface area contributed by atoms with Crippen molar-refractivity contribution in [2.45, 2.75) is 0 Å². The summed E-state index contributed by atoms with van der Waals surface area (Å²) in [6, 6.07) is 129. The van der Waals surface area contributed by atoms with Crippen molar-refractivity contribution in [3.8, 4) is 11.1 Å². The Morgan fingerprint density at radius 2 is 0.480 bits per heavy atom. The highest BCUT2D eigenvalue weighted by molar-refractivity contribution is 7.26. The summed E-state index contributed by atoms with van der Waals surface area (Å²) in [5, 5.41) is 9.52. The maximum Gasteiger partial charge on any atom is 0.137 e. The Kier molecular flexibility index (Phi) is 14.8. The van der Waals surface area contributed by atoms with Crippen LogP contribution < -0.4 is 19.6 Å². The number of nitrogens with zero attached hydrogens (tertiary/aromatic N) is 4. The standard InChI is InChI=1S/C48H32N2OS.C42H28N2OS/c1-4-13-33(14-5-1)34-23-25-37(26-24-34)50(36-17-8-3-9-18-36)43-20-12-22-46-48(43)42-30-28-39(32-47(42)52-46)49(35-15-6-2-7-16-35)38-27-29-41-40-19-10-11-21-44(40)51-45(41)31-38;1-4-13-29(14-5-1)43(32-23-25-35-34-19-10-11-21-38(34)45-39(35)27-32)33-24-26-36-41(28-33)46-40-22-12-20-37(42(36)40)44(30-15-6-2-7-16-30)31-17-8-3-9-18-31/h1-32H;1-28H. The van der Waals surface area contributed by atoms with Crippen LogP contribution in [0.2, 0.25) is 0 Å². The van der Waals surface area contributed by atoms with Crippen LogP contribution in [-0.2, 0) is 0 Å². The molecule has 98 heavy (non-hydrogen) atoms. The van der Waals surface area contributed by atoms with Crippen molar-refractivity contribution in [1.29, 1.82) is 0 Å². The van der Waals surface area contributed by atoms with Gasteiger partial charge in [-0.3, -0.25) is 0 Å². The van der Waals surface area contributed by atoms with Crippen molar-refractivity contribution < 1.29 is 8.83 Å². The minimum atomic E-state index is 0.880. The largest absolute Gasteiger partial charge is 0.456 e. The summed E-state index contributed by atoms with van der Waals surface area (Å²) in [4.78, 5) is 9.39. The zero-order valence-corrected chi connectivity index (χ0v) is 54.7. The normalized spacial score (nSPS) is 11.5. The van der Waals surface area contributed by atoms with Crippen molar-refractivity contribution in [1.82, 2.24) is 0 Å². The average molecular weight is 1290 g/mol.